The number of aromatic nitrogens is 2. The van der Waals surface area contributed by atoms with Crippen LogP contribution in [-0.2, 0) is 10.0 Å². The largest absolute Gasteiger partial charge is 0.451 e. The number of anilines is 1. The van der Waals surface area contributed by atoms with Crippen molar-refractivity contribution in [2.75, 3.05) is 31.1 Å². The molecule has 2 aromatic heterocycles. The second-order valence-corrected chi connectivity index (χ2v) is 9.46. The van der Waals surface area contributed by atoms with E-state index in [4.69, 9.17) is 8.83 Å². The van der Waals surface area contributed by atoms with Crippen LogP contribution in [0.3, 0.4) is 0 Å². The van der Waals surface area contributed by atoms with Gasteiger partial charge in [-0.05, 0) is 37.1 Å². The Morgan fingerprint density at radius 3 is 2.43 bits per heavy atom. The molecular weight excluding hydrogens is 411 g/mol. The molecule has 5 rings (SSSR count). The highest BCUT2D eigenvalue weighted by Gasteiger charge is 2.32. The van der Waals surface area contributed by atoms with Gasteiger partial charge in [0.25, 0.3) is 15.9 Å². The molecule has 2 fully saturated rings. The average molecular weight is 432 g/mol. The van der Waals surface area contributed by atoms with E-state index in [1.165, 1.54) is 28.8 Å². The molecule has 0 spiro atoms. The summed E-state index contributed by atoms with van der Waals surface area (Å²) in [4.78, 5) is 2.03. The molecule has 0 atom stereocenters. The first-order valence-corrected chi connectivity index (χ1v) is 11.4. The molecule has 3 heterocycles. The first-order valence-electron chi connectivity index (χ1n) is 9.94. The zero-order valence-corrected chi connectivity index (χ0v) is 17.0. The molecule has 0 amide bonds. The third kappa shape index (κ3) is 3.50. The van der Waals surface area contributed by atoms with Crippen molar-refractivity contribution >= 4 is 15.7 Å². The van der Waals surface area contributed by atoms with Gasteiger partial charge < -0.3 is 13.7 Å². The van der Waals surface area contributed by atoms with Gasteiger partial charge in [0.15, 0.2) is 0 Å². The summed E-state index contributed by atoms with van der Waals surface area (Å²) in [7, 11) is -3.77. The predicted octanol–water partition coefficient (Wildman–Crippen LogP) is 3.25. The third-order valence-electron chi connectivity index (χ3n) is 5.74. The summed E-state index contributed by atoms with van der Waals surface area (Å²) in [5.74, 6) is 0.871. The van der Waals surface area contributed by atoms with Crippen molar-refractivity contribution in [1.29, 1.82) is 0 Å². The topological polar surface area (TPSA) is 92.7 Å². The van der Waals surface area contributed by atoms with Crippen LogP contribution in [0.15, 0.2) is 50.5 Å². The fourth-order valence-electron chi connectivity index (χ4n) is 3.70. The summed E-state index contributed by atoms with van der Waals surface area (Å²) >= 11 is 0. The Morgan fingerprint density at radius 1 is 1.03 bits per heavy atom. The number of hydrogen-bond donors (Lipinski definition) is 0. The molecule has 0 N–H and O–H groups in total. The summed E-state index contributed by atoms with van der Waals surface area (Å²) in [5.41, 5.74) is 1.32. The van der Waals surface area contributed by atoms with E-state index in [-0.39, 0.29) is 16.8 Å². The molecule has 0 bridgehead atoms. The molecule has 0 unspecified atom stereocenters. The molecular formula is C20H21FN4O4S. The Labute approximate surface area is 173 Å². The molecule has 0 radical (unpaired) electrons. The Kier molecular flexibility index (Phi) is 4.82. The van der Waals surface area contributed by atoms with E-state index in [9.17, 15) is 12.8 Å². The Hall–Kier alpha value is -2.72. The summed E-state index contributed by atoms with van der Waals surface area (Å²) in [6.45, 7) is 1.63. The summed E-state index contributed by atoms with van der Waals surface area (Å²) in [5, 5.41) is 7.96. The molecule has 1 saturated heterocycles. The average Bonchev–Trinajstić information content (AvgIpc) is 3.37. The van der Waals surface area contributed by atoms with Crippen molar-refractivity contribution in [3.63, 3.8) is 0 Å². The smallest absolute Gasteiger partial charge is 0.276 e. The van der Waals surface area contributed by atoms with E-state index in [1.807, 2.05) is 4.90 Å². The van der Waals surface area contributed by atoms with Crippen LogP contribution in [0, 0.1) is 5.82 Å². The standard InChI is InChI=1S/C20H21FN4O4S/c21-16-4-6-17(7-5-16)24-8-10-25(11-9-24)30(26,27)18-12-15(13-28-18)20-23-22-19(29-20)14-2-1-3-14/h4-7,12-14H,1-3,8-11H2. The SMILES string of the molecule is O=S(=O)(c1cc(-c2nnc(C3CCC3)o2)co1)N1CCN(c2ccc(F)cc2)CC1. The van der Waals surface area contributed by atoms with Gasteiger partial charge in [-0.25, -0.2) is 12.8 Å². The monoisotopic (exact) mass is 432 g/mol. The Balaban J connectivity index is 1.28. The molecule has 2 aliphatic rings. The van der Waals surface area contributed by atoms with E-state index in [0.717, 1.165) is 24.9 Å². The van der Waals surface area contributed by atoms with E-state index in [0.29, 0.717) is 43.6 Å². The lowest BCUT2D eigenvalue weighted by molar-refractivity contribution is 0.338. The van der Waals surface area contributed by atoms with Gasteiger partial charge in [-0.1, -0.05) is 6.42 Å². The molecule has 30 heavy (non-hydrogen) atoms. The number of nitrogens with zero attached hydrogens (tertiary/aromatic N) is 4. The van der Waals surface area contributed by atoms with Gasteiger partial charge in [0.2, 0.25) is 11.0 Å². The highest BCUT2D eigenvalue weighted by Crippen LogP contribution is 2.37. The third-order valence-corrected chi connectivity index (χ3v) is 7.51. The van der Waals surface area contributed by atoms with Crippen molar-refractivity contribution in [3.8, 4) is 11.5 Å². The number of piperazine rings is 1. The first kappa shape index (κ1) is 19.3. The lowest BCUT2D eigenvalue weighted by atomic mass is 9.85. The van der Waals surface area contributed by atoms with E-state index >= 15 is 0 Å². The summed E-state index contributed by atoms with van der Waals surface area (Å²) in [6.07, 6.45) is 4.57. The van der Waals surface area contributed by atoms with Crippen LogP contribution in [0.1, 0.15) is 31.1 Å². The van der Waals surface area contributed by atoms with Gasteiger partial charge in [-0.15, -0.1) is 10.2 Å². The summed E-state index contributed by atoms with van der Waals surface area (Å²) < 4.78 is 51.5. The van der Waals surface area contributed by atoms with Crippen LogP contribution >= 0.6 is 0 Å². The van der Waals surface area contributed by atoms with Crippen LogP contribution in [0.4, 0.5) is 10.1 Å². The molecule has 1 aliphatic carbocycles. The van der Waals surface area contributed by atoms with Crippen LogP contribution in [-0.4, -0.2) is 49.1 Å². The van der Waals surface area contributed by atoms with E-state index < -0.39 is 10.0 Å². The minimum absolute atomic E-state index is 0.142. The first-order chi connectivity index (χ1) is 14.5. The van der Waals surface area contributed by atoms with E-state index in [1.54, 1.807) is 12.1 Å². The van der Waals surface area contributed by atoms with E-state index in [2.05, 4.69) is 10.2 Å². The van der Waals surface area contributed by atoms with Crippen molar-refractivity contribution in [2.45, 2.75) is 30.3 Å². The number of furan rings is 1. The maximum atomic E-state index is 13.1. The maximum absolute atomic E-state index is 13.1. The van der Waals surface area contributed by atoms with Crippen molar-refractivity contribution in [2.24, 2.45) is 0 Å². The molecule has 8 nitrogen and oxygen atoms in total. The van der Waals surface area contributed by atoms with Gasteiger partial charge in [0.1, 0.15) is 12.1 Å². The van der Waals surface area contributed by atoms with Crippen LogP contribution in [0.5, 0.6) is 0 Å². The number of rotatable bonds is 5. The second kappa shape index (κ2) is 7.51. The molecule has 1 aliphatic heterocycles. The highest BCUT2D eigenvalue weighted by molar-refractivity contribution is 7.89. The van der Waals surface area contributed by atoms with Gasteiger partial charge in [-0.3, -0.25) is 0 Å². The zero-order chi connectivity index (χ0) is 20.7. The van der Waals surface area contributed by atoms with Crippen molar-refractivity contribution < 1.29 is 21.6 Å². The molecule has 1 aromatic carbocycles. The number of halogens is 1. The normalized spacial score (nSPS) is 18.5. The van der Waals surface area contributed by atoms with Gasteiger partial charge in [-0.2, -0.15) is 4.31 Å². The maximum Gasteiger partial charge on any atom is 0.276 e. The lowest BCUT2D eigenvalue weighted by Crippen LogP contribution is -2.48. The lowest BCUT2D eigenvalue weighted by Gasteiger charge is -2.34. The second-order valence-electron chi connectivity index (χ2n) is 7.60. The number of sulfonamides is 1. The predicted molar refractivity (Wildman–Crippen MR) is 106 cm³/mol. The highest BCUT2D eigenvalue weighted by atomic mass is 32.2. The van der Waals surface area contributed by atoms with Gasteiger partial charge in [0, 0.05) is 43.9 Å². The van der Waals surface area contributed by atoms with Crippen LogP contribution < -0.4 is 4.90 Å². The number of benzene rings is 1. The number of hydrogen-bond acceptors (Lipinski definition) is 7. The summed E-state index contributed by atoms with van der Waals surface area (Å²) in [6, 6.07) is 7.62. The quantitative estimate of drug-likeness (QED) is 0.611. The van der Waals surface area contributed by atoms with Crippen LogP contribution in [0.25, 0.3) is 11.5 Å². The van der Waals surface area contributed by atoms with Gasteiger partial charge in [0.05, 0.1) is 5.56 Å². The van der Waals surface area contributed by atoms with Crippen molar-refractivity contribution in [1.82, 2.24) is 14.5 Å². The molecule has 3 aromatic rings. The zero-order valence-electron chi connectivity index (χ0n) is 16.2. The Bertz CT molecular complexity index is 1130. The molecule has 158 valence electrons. The molecule has 1 saturated carbocycles. The van der Waals surface area contributed by atoms with Crippen LogP contribution in [0.2, 0.25) is 0 Å². The Morgan fingerprint density at radius 2 is 1.77 bits per heavy atom. The minimum Gasteiger partial charge on any atom is -0.451 e. The molecule has 10 heteroatoms. The fourth-order valence-corrected chi connectivity index (χ4v) is 5.05. The minimum atomic E-state index is -3.77. The van der Waals surface area contributed by atoms with Crippen molar-refractivity contribution in [3.05, 3.63) is 48.3 Å². The fraction of sp³-hybridized carbons (Fsp3) is 0.400. The van der Waals surface area contributed by atoms with Gasteiger partial charge >= 0.3 is 0 Å².